The molecule has 0 bridgehead atoms. The molecule has 0 atom stereocenters. The third kappa shape index (κ3) is 4.95. The van der Waals surface area contributed by atoms with Gasteiger partial charge in [-0.1, -0.05) is 22.0 Å². The second-order valence-corrected chi connectivity index (χ2v) is 7.14. The van der Waals surface area contributed by atoms with Crippen LogP contribution in [0.25, 0.3) is 0 Å². The number of amides is 1. The fraction of sp³-hybridized carbons (Fsp3) is 0.300. The monoisotopic (exact) mass is 393 g/mol. The fourth-order valence-corrected chi connectivity index (χ4v) is 3.07. The Kier molecular flexibility index (Phi) is 5.45. The molecule has 0 heterocycles. The summed E-state index contributed by atoms with van der Waals surface area (Å²) in [6.07, 6.45) is -5.07. The molecule has 1 aromatic carbocycles. The average molecular weight is 395 g/mol. The van der Waals surface area contributed by atoms with Crippen molar-refractivity contribution in [3.05, 3.63) is 28.2 Å². The van der Waals surface area contributed by atoms with Gasteiger partial charge in [0.2, 0.25) is 0 Å². The molecule has 1 N–H and O–H groups in total. The van der Waals surface area contributed by atoms with Crippen LogP contribution < -0.4 is 5.32 Å². The summed E-state index contributed by atoms with van der Waals surface area (Å²) in [7, 11) is 1.21. The minimum Gasteiger partial charge on any atom is -0.348 e. The molecule has 0 aliphatic heterocycles. The first-order valence-corrected chi connectivity index (χ1v) is 8.20. The van der Waals surface area contributed by atoms with E-state index in [9.17, 15) is 26.4 Å². The largest absolute Gasteiger partial charge is 0.471 e. The minimum absolute atomic E-state index is 0.101. The molecule has 1 aromatic rings. The average Bonchev–Trinajstić information content (AvgIpc) is 2.28. The number of rotatable bonds is 4. The zero-order chi connectivity index (χ0) is 15.6. The van der Waals surface area contributed by atoms with Crippen LogP contribution >= 0.6 is 26.6 Å². The van der Waals surface area contributed by atoms with Gasteiger partial charge in [0.15, 0.2) is 0 Å². The number of halogens is 5. The summed E-state index contributed by atoms with van der Waals surface area (Å²) < 4.78 is 59.0. The van der Waals surface area contributed by atoms with Crippen molar-refractivity contribution in [1.29, 1.82) is 0 Å². The maximum atomic E-state index is 12.0. The standard InChI is InChI=1S/C10H8BrClF3NO3S/c11-7-2-1-6(8(5-7)20(12,18)19)3-4-16-9(17)10(13,14)15/h1-2,5H,3-4H2,(H,16,17). The summed E-state index contributed by atoms with van der Waals surface area (Å²) in [5.41, 5.74) is 0.214. The molecule has 0 saturated heterocycles. The van der Waals surface area contributed by atoms with Gasteiger partial charge in [-0.05, 0) is 24.1 Å². The van der Waals surface area contributed by atoms with Gasteiger partial charge in [-0.15, -0.1) is 0 Å². The lowest BCUT2D eigenvalue weighted by Crippen LogP contribution is -2.37. The molecule has 0 spiro atoms. The molecule has 0 radical (unpaired) electrons. The van der Waals surface area contributed by atoms with E-state index >= 15 is 0 Å². The van der Waals surface area contributed by atoms with Crippen molar-refractivity contribution in [2.45, 2.75) is 17.5 Å². The molecule has 1 amide bonds. The summed E-state index contributed by atoms with van der Waals surface area (Å²) in [4.78, 5) is 10.4. The summed E-state index contributed by atoms with van der Waals surface area (Å²) >= 11 is 3.06. The first kappa shape index (κ1) is 17.3. The third-order valence-electron chi connectivity index (χ3n) is 2.23. The van der Waals surface area contributed by atoms with Crippen molar-refractivity contribution in [1.82, 2.24) is 5.32 Å². The van der Waals surface area contributed by atoms with Crippen LogP contribution in [0.3, 0.4) is 0 Å². The molecular weight excluding hydrogens is 387 g/mol. The SMILES string of the molecule is O=C(NCCc1ccc(Br)cc1S(=O)(=O)Cl)C(F)(F)F. The van der Waals surface area contributed by atoms with E-state index in [-0.39, 0.29) is 23.4 Å². The first-order chi connectivity index (χ1) is 9.01. The van der Waals surface area contributed by atoms with Gasteiger partial charge in [0, 0.05) is 21.7 Å². The number of hydrogen-bond donors (Lipinski definition) is 1. The molecule has 0 aromatic heterocycles. The van der Waals surface area contributed by atoms with Crippen molar-refractivity contribution in [2.75, 3.05) is 6.54 Å². The molecule has 4 nitrogen and oxygen atoms in total. The molecule has 0 fully saturated rings. The van der Waals surface area contributed by atoms with Gasteiger partial charge in [-0.25, -0.2) is 8.42 Å². The predicted molar refractivity (Wildman–Crippen MR) is 69.9 cm³/mol. The molecule has 0 aliphatic rings. The van der Waals surface area contributed by atoms with Gasteiger partial charge < -0.3 is 5.32 Å². The van der Waals surface area contributed by atoms with Crippen molar-refractivity contribution >= 4 is 41.6 Å². The molecular formula is C10H8BrClF3NO3S. The molecule has 0 unspecified atom stereocenters. The predicted octanol–water partition coefficient (Wildman–Crippen LogP) is 2.60. The Bertz CT molecular complexity index is 619. The Morgan fingerprint density at radius 3 is 2.45 bits per heavy atom. The highest BCUT2D eigenvalue weighted by atomic mass is 79.9. The van der Waals surface area contributed by atoms with Crippen molar-refractivity contribution in [2.24, 2.45) is 0 Å². The van der Waals surface area contributed by atoms with Gasteiger partial charge in [0.25, 0.3) is 9.05 Å². The Hall–Kier alpha value is -0.800. The van der Waals surface area contributed by atoms with Crippen LogP contribution in [0.5, 0.6) is 0 Å². The van der Waals surface area contributed by atoms with Crippen LogP contribution in [0.1, 0.15) is 5.56 Å². The van der Waals surface area contributed by atoms with E-state index in [2.05, 4.69) is 15.9 Å². The zero-order valence-electron chi connectivity index (χ0n) is 9.67. The fourth-order valence-electron chi connectivity index (χ4n) is 1.37. The lowest BCUT2D eigenvalue weighted by molar-refractivity contribution is -0.173. The zero-order valence-corrected chi connectivity index (χ0v) is 12.8. The van der Waals surface area contributed by atoms with E-state index in [0.717, 1.165) is 0 Å². The normalized spacial score (nSPS) is 12.2. The number of carbonyl (C=O) groups excluding carboxylic acids is 1. The van der Waals surface area contributed by atoms with Crippen molar-refractivity contribution < 1.29 is 26.4 Å². The van der Waals surface area contributed by atoms with Gasteiger partial charge in [-0.3, -0.25) is 4.79 Å². The lowest BCUT2D eigenvalue weighted by Gasteiger charge is -2.10. The number of benzene rings is 1. The molecule has 20 heavy (non-hydrogen) atoms. The Labute approximate surface area is 125 Å². The van der Waals surface area contributed by atoms with Crippen molar-refractivity contribution in [3.63, 3.8) is 0 Å². The van der Waals surface area contributed by atoms with E-state index in [4.69, 9.17) is 10.7 Å². The van der Waals surface area contributed by atoms with E-state index in [1.807, 2.05) is 0 Å². The Balaban J connectivity index is 2.82. The van der Waals surface area contributed by atoms with Crippen molar-refractivity contribution in [3.8, 4) is 0 Å². The summed E-state index contributed by atoms with van der Waals surface area (Å²) in [6, 6.07) is 4.16. The van der Waals surface area contributed by atoms with Crippen LogP contribution in [-0.2, 0) is 20.3 Å². The van der Waals surface area contributed by atoms with Gasteiger partial charge in [0.1, 0.15) is 0 Å². The van der Waals surface area contributed by atoms with Crippen LogP contribution in [-0.4, -0.2) is 27.0 Å². The topological polar surface area (TPSA) is 63.2 Å². The summed E-state index contributed by atoms with van der Waals surface area (Å²) in [5, 5.41) is 1.65. The number of carbonyl (C=O) groups is 1. The minimum atomic E-state index is -4.97. The van der Waals surface area contributed by atoms with Gasteiger partial charge in [-0.2, -0.15) is 13.2 Å². The molecule has 0 saturated carbocycles. The number of hydrogen-bond acceptors (Lipinski definition) is 3. The summed E-state index contributed by atoms with van der Waals surface area (Å²) in [6.45, 7) is -0.362. The first-order valence-electron chi connectivity index (χ1n) is 5.10. The quantitative estimate of drug-likeness (QED) is 0.799. The highest BCUT2D eigenvalue weighted by Crippen LogP contribution is 2.24. The smallest absolute Gasteiger partial charge is 0.348 e. The van der Waals surface area contributed by atoms with Crippen LogP contribution in [0.4, 0.5) is 13.2 Å². The van der Waals surface area contributed by atoms with Crippen LogP contribution in [0.15, 0.2) is 27.6 Å². The molecule has 112 valence electrons. The molecule has 10 heteroatoms. The van der Waals surface area contributed by atoms with Crippen LogP contribution in [0, 0.1) is 0 Å². The second-order valence-electron chi connectivity index (χ2n) is 3.69. The number of nitrogens with one attached hydrogen (secondary N) is 1. The maximum absolute atomic E-state index is 12.0. The summed E-state index contributed by atoms with van der Waals surface area (Å²) in [5.74, 6) is -2.08. The highest BCUT2D eigenvalue weighted by molar-refractivity contribution is 9.10. The highest BCUT2D eigenvalue weighted by Gasteiger charge is 2.38. The second kappa shape index (κ2) is 6.31. The number of alkyl halides is 3. The maximum Gasteiger partial charge on any atom is 0.471 e. The van der Waals surface area contributed by atoms with E-state index in [1.54, 1.807) is 5.32 Å². The third-order valence-corrected chi connectivity index (χ3v) is 4.13. The lowest BCUT2D eigenvalue weighted by atomic mass is 10.1. The Morgan fingerprint density at radius 2 is 1.95 bits per heavy atom. The van der Waals surface area contributed by atoms with Gasteiger partial charge in [0.05, 0.1) is 4.90 Å². The van der Waals surface area contributed by atoms with E-state index < -0.39 is 21.1 Å². The van der Waals surface area contributed by atoms with E-state index in [1.165, 1.54) is 18.2 Å². The van der Waals surface area contributed by atoms with E-state index in [0.29, 0.717) is 4.47 Å². The van der Waals surface area contributed by atoms with Crippen LogP contribution in [0.2, 0.25) is 0 Å². The molecule has 0 aliphatic carbocycles. The molecule has 1 rings (SSSR count). The van der Waals surface area contributed by atoms with Gasteiger partial charge >= 0.3 is 12.1 Å². The Morgan fingerprint density at radius 1 is 1.35 bits per heavy atom.